The van der Waals surface area contributed by atoms with Gasteiger partial charge in [0.25, 0.3) is 0 Å². The second-order valence-electron chi connectivity index (χ2n) is 4.31. The van der Waals surface area contributed by atoms with Gasteiger partial charge in [-0.1, -0.05) is 13.8 Å². The number of piperazine rings is 1. The van der Waals surface area contributed by atoms with Crippen LogP contribution in [0.1, 0.15) is 25.3 Å². The largest absolute Gasteiger partial charge is 0.354 e. The summed E-state index contributed by atoms with van der Waals surface area (Å²) < 4.78 is 0. The van der Waals surface area contributed by atoms with E-state index in [4.69, 9.17) is 11.6 Å². The fraction of sp³-hybridized carbons (Fsp3) is 0.636. The van der Waals surface area contributed by atoms with E-state index in [1.165, 1.54) is 5.56 Å². The zero-order valence-electron chi connectivity index (χ0n) is 10.5. The smallest absolute Gasteiger partial charge is 0.224 e. The van der Waals surface area contributed by atoms with Crippen molar-refractivity contribution in [1.82, 2.24) is 15.3 Å². The first kappa shape index (κ1) is 17.7. The second kappa shape index (κ2) is 8.00. The van der Waals surface area contributed by atoms with Crippen LogP contribution in [0, 0.1) is 0 Å². The summed E-state index contributed by atoms with van der Waals surface area (Å²) in [5.41, 5.74) is 1.17. The van der Waals surface area contributed by atoms with Crippen molar-refractivity contribution in [2.45, 2.75) is 19.8 Å². The molecule has 1 aromatic heterocycles. The Labute approximate surface area is 125 Å². The van der Waals surface area contributed by atoms with Gasteiger partial charge < -0.3 is 10.2 Å². The summed E-state index contributed by atoms with van der Waals surface area (Å²) in [5, 5.41) is 3.66. The zero-order valence-corrected chi connectivity index (χ0v) is 12.9. The lowest BCUT2D eigenvalue weighted by Gasteiger charge is -2.30. The maximum atomic E-state index is 5.88. The SMILES string of the molecule is CC(C)c1cnc(Cl)nc1N1CCNCC1.Cl.Cl. The molecular formula is C11H19Cl3N4. The molecule has 0 saturated carbocycles. The molecule has 0 atom stereocenters. The van der Waals surface area contributed by atoms with Gasteiger partial charge in [0.15, 0.2) is 0 Å². The molecule has 1 fully saturated rings. The average Bonchev–Trinajstić information content (AvgIpc) is 2.29. The lowest BCUT2D eigenvalue weighted by atomic mass is 10.1. The number of hydrogen-bond donors (Lipinski definition) is 1. The van der Waals surface area contributed by atoms with Gasteiger partial charge in [0.2, 0.25) is 5.28 Å². The summed E-state index contributed by atoms with van der Waals surface area (Å²) in [7, 11) is 0. The van der Waals surface area contributed by atoms with E-state index in [1.54, 1.807) is 0 Å². The molecule has 4 nitrogen and oxygen atoms in total. The molecule has 2 rings (SSSR count). The molecule has 0 spiro atoms. The number of hydrogen-bond acceptors (Lipinski definition) is 4. The minimum Gasteiger partial charge on any atom is -0.354 e. The molecule has 1 aliphatic rings. The van der Waals surface area contributed by atoms with Crippen LogP contribution in [0.15, 0.2) is 6.20 Å². The van der Waals surface area contributed by atoms with E-state index < -0.39 is 0 Å². The molecule has 0 unspecified atom stereocenters. The Balaban J connectivity index is 0.00000144. The van der Waals surface area contributed by atoms with Crippen LogP contribution in [0.2, 0.25) is 5.28 Å². The summed E-state index contributed by atoms with van der Waals surface area (Å²) in [4.78, 5) is 10.7. The van der Waals surface area contributed by atoms with Gasteiger partial charge in [0.1, 0.15) is 5.82 Å². The summed E-state index contributed by atoms with van der Waals surface area (Å²) in [5.74, 6) is 1.42. The van der Waals surface area contributed by atoms with Crippen molar-refractivity contribution < 1.29 is 0 Å². The van der Waals surface area contributed by atoms with E-state index in [0.29, 0.717) is 11.2 Å². The number of aromatic nitrogens is 2. The first-order valence-corrected chi connectivity index (χ1v) is 6.04. The van der Waals surface area contributed by atoms with E-state index in [1.807, 2.05) is 6.20 Å². The van der Waals surface area contributed by atoms with Crippen molar-refractivity contribution in [3.05, 3.63) is 17.0 Å². The fourth-order valence-electron chi connectivity index (χ4n) is 1.90. The van der Waals surface area contributed by atoms with Gasteiger partial charge in [-0.3, -0.25) is 0 Å². The number of nitrogens with one attached hydrogen (secondary N) is 1. The van der Waals surface area contributed by atoms with E-state index >= 15 is 0 Å². The molecule has 0 amide bonds. The predicted octanol–water partition coefficient (Wildman–Crippen LogP) is 2.51. The highest BCUT2D eigenvalue weighted by molar-refractivity contribution is 6.28. The second-order valence-corrected chi connectivity index (χ2v) is 4.65. The Morgan fingerprint density at radius 2 is 1.89 bits per heavy atom. The Morgan fingerprint density at radius 1 is 1.28 bits per heavy atom. The van der Waals surface area contributed by atoms with Crippen LogP contribution < -0.4 is 10.2 Å². The monoisotopic (exact) mass is 312 g/mol. The molecular weight excluding hydrogens is 295 g/mol. The lowest BCUT2D eigenvalue weighted by Crippen LogP contribution is -2.44. The molecule has 0 aliphatic carbocycles. The van der Waals surface area contributed by atoms with Crippen molar-refractivity contribution >= 4 is 42.2 Å². The zero-order chi connectivity index (χ0) is 11.5. The van der Waals surface area contributed by atoms with Crippen LogP contribution in [0.4, 0.5) is 5.82 Å². The van der Waals surface area contributed by atoms with E-state index in [0.717, 1.165) is 32.0 Å². The fourth-order valence-corrected chi connectivity index (χ4v) is 2.03. The highest BCUT2D eigenvalue weighted by Crippen LogP contribution is 2.26. The number of nitrogens with zero attached hydrogens (tertiary/aromatic N) is 3. The summed E-state index contributed by atoms with van der Waals surface area (Å²) in [6.07, 6.45) is 1.84. The Kier molecular flexibility index (Phi) is 7.87. The Morgan fingerprint density at radius 3 is 2.44 bits per heavy atom. The third-order valence-corrected chi connectivity index (χ3v) is 2.99. The van der Waals surface area contributed by atoms with Gasteiger partial charge in [0, 0.05) is 37.9 Å². The van der Waals surface area contributed by atoms with Crippen LogP contribution in [-0.2, 0) is 0 Å². The van der Waals surface area contributed by atoms with E-state index in [2.05, 4.69) is 34.0 Å². The molecule has 18 heavy (non-hydrogen) atoms. The van der Waals surface area contributed by atoms with Crippen LogP contribution in [0.3, 0.4) is 0 Å². The van der Waals surface area contributed by atoms with Crippen LogP contribution in [0.25, 0.3) is 0 Å². The maximum absolute atomic E-state index is 5.88. The highest BCUT2D eigenvalue weighted by atomic mass is 35.5. The Bertz CT molecular complexity index is 367. The van der Waals surface area contributed by atoms with Crippen LogP contribution >= 0.6 is 36.4 Å². The molecule has 1 saturated heterocycles. The first-order valence-electron chi connectivity index (χ1n) is 5.66. The minimum atomic E-state index is 0. The number of halogens is 3. The van der Waals surface area contributed by atoms with Gasteiger partial charge in [-0.25, -0.2) is 9.97 Å². The minimum absolute atomic E-state index is 0. The lowest BCUT2D eigenvalue weighted by molar-refractivity contribution is 0.581. The van der Waals surface area contributed by atoms with Crippen molar-refractivity contribution in [2.24, 2.45) is 0 Å². The number of anilines is 1. The molecule has 7 heteroatoms. The topological polar surface area (TPSA) is 41.1 Å². The molecule has 0 bridgehead atoms. The summed E-state index contributed by atoms with van der Waals surface area (Å²) >= 11 is 5.88. The normalized spacial score (nSPS) is 15.0. The summed E-state index contributed by atoms with van der Waals surface area (Å²) in [6, 6.07) is 0. The first-order chi connectivity index (χ1) is 7.68. The molecule has 0 radical (unpaired) electrons. The van der Waals surface area contributed by atoms with E-state index in [9.17, 15) is 0 Å². The highest BCUT2D eigenvalue weighted by Gasteiger charge is 2.18. The van der Waals surface area contributed by atoms with Crippen LogP contribution in [-0.4, -0.2) is 36.1 Å². The van der Waals surface area contributed by atoms with Crippen molar-refractivity contribution in [1.29, 1.82) is 0 Å². The molecule has 2 heterocycles. The van der Waals surface area contributed by atoms with Gasteiger partial charge in [0.05, 0.1) is 0 Å². The Hall–Kier alpha value is -0.290. The predicted molar refractivity (Wildman–Crippen MR) is 80.7 cm³/mol. The summed E-state index contributed by atoms with van der Waals surface area (Å²) in [6.45, 7) is 8.26. The van der Waals surface area contributed by atoms with Gasteiger partial charge in [-0.05, 0) is 17.5 Å². The maximum Gasteiger partial charge on any atom is 0.224 e. The van der Waals surface area contributed by atoms with Crippen molar-refractivity contribution in [3.63, 3.8) is 0 Å². The van der Waals surface area contributed by atoms with Crippen molar-refractivity contribution in [3.8, 4) is 0 Å². The third kappa shape index (κ3) is 4.12. The standard InChI is InChI=1S/C11H17ClN4.2ClH/c1-8(2)9-7-14-11(12)15-10(9)16-5-3-13-4-6-16;;/h7-8,13H,3-6H2,1-2H3;2*1H. The van der Waals surface area contributed by atoms with E-state index in [-0.39, 0.29) is 24.8 Å². The molecule has 1 aliphatic heterocycles. The third-order valence-electron chi connectivity index (χ3n) is 2.81. The van der Waals surface area contributed by atoms with Crippen LogP contribution in [0.5, 0.6) is 0 Å². The quantitative estimate of drug-likeness (QED) is 0.852. The van der Waals surface area contributed by atoms with Gasteiger partial charge >= 0.3 is 0 Å². The molecule has 104 valence electrons. The van der Waals surface area contributed by atoms with Gasteiger partial charge in [-0.2, -0.15) is 0 Å². The average molecular weight is 314 g/mol. The molecule has 1 aromatic rings. The molecule has 0 aromatic carbocycles. The molecule has 1 N–H and O–H groups in total. The number of rotatable bonds is 2. The van der Waals surface area contributed by atoms with Crippen molar-refractivity contribution in [2.75, 3.05) is 31.1 Å². The van der Waals surface area contributed by atoms with Gasteiger partial charge in [-0.15, -0.1) is 24.8 Å².